The Morgan fingerprint density at radius 1 is 1.09 bits per heavy atom. The maximum absolute atomic E-state index is 13.3. The van der Waals surface area contributed by atoms with Gasteiger partial charge in [-0.1, -0.05) is 42.5 Å². The van der Waals surface area contributed by atoms with Crippen LogP contribution < -0.4 is 5.32 Å². The minimum absolute atomic E-state index is 0.0261. The van der Waals surface area contributed by atoms with E-state index in [9.17, 15) is 14.4 Å². The first kappa shape index (κ1) is 23.1. The maximum Gasteiger partial charge on any atom is 0.334 e. The van der Waals surface area contributed by atoms with Crippen molar-refractivity contribution in [1.29, 1.82) is 10.8 Å². The number of hydrogen-bond acceptors (Lipinski definition) is 6. The van der Waals surface area contributed by atoms with E-state index in [-0.39, 0.29) is 55.4 Å². The third-order valence-electron chi connectivity index (χ3n) is 5.92. The lowest BCUT2D eigenvalue weighted by Gasteiger charge is -2.52. The molecule has 0 bridgehead atoms. The van der Waals surface area contributed by atoms with Gasteiger partial charge in [-0.2, -0.15) is 0 Å². The van der Waals surface area contributed by atoms with Crippen molar-refractivity contribution >= 4 is 29.3 Å². The Morgan fingerprint density at radius 2 is 1.85 bits per heavy atom. The molecule has 2 aliphatic heterocycles. The minimum atomic E-state index is -0.666. The number of carbonyl (C=O) groups is 3. The molecule has 0 spiro atoms. The van der Waals surface area contributed by atoms with Crippen molar-refractivity contribution < 1.29 is 14.4 Å². The quantitative estimate of drug-likeness (QED) is 0.434. The monoisotopic (exact) mass is 461 g/mol. The van der Waals surface area contributed by atoms with Crippen molar-refractivity contribution in [3.05, 3.63) is 72.4 Å². The topological polar surface area (TPSA) is 124 Å². The molecule has 10 nitrogen and oxygen atoms in total. The Balaban J connectivity index is 1.54. The van der Waals surface area contributed by atoms with E-state index in [1.54, 1.807) is 28.1 Å². The molecule has 2 heterocycles. The van der Waals surface area contributed by atoms with Crippen LogP contribution in [0.4, 0.5) is 4.79 Å². The van der Waals surface area contributed by atoms with Crippen LogP contribution in [-0.2, 0) is 16.1 Å². The molecule has 3 aliphatic rings. The molecule has 3 N–H and O–H groups in total. The van der Waals surface area contributed by atoms with Gasteiger partial charge < -0.3 is 15.1 Å². The predicted molar refractivity (Wildman–Crippen MR) is 127 cm³/mol. The van der Waals surface area contributed by atoms with Crippen molar-refractivity contribution in [3.8, 4) is 0 Å². The SMILES string of the molecule is C=CCN1CC(=O)N2CC(=O)N(CC3=CC(=N)C(=N)C=C3)CC2N1C(=O)NCc1ccccc1. The number of hydrazine groups is 1. The molecule has 176 valence electrons. The number of nitrogens with zero attached hydrogens (tertiary/aromatic N) is 4. The molecule has 1 unspecified atom stereocenters. The van der Waals surface area contributed by atoms with Crippen LogP contribution in [0, 0.1) is 10.8 Å². The van der Waals surface area contributed by atoms with Crippen molar-refractivity contribution in [1.82, 2.24) is 25.1 Å². The van der Waals surface area contributed by atoms with Crippen molar-refractivity contribution in [2.75, 3.05) is 32.7 Å². The fraction of sp³-hybridized carbons (Fsp3) is 0.292. The number of rotatable bonds is 6. The first-order valence-corrected chi connectivity index (χ1v) is 11.0. The lowest BCUT2D eigenvalue weighted by Crippen LogP contribution is -2.74. The zero-order valence-electron chi connectivity index (χ0n) is 18.7. The Morgan fingerprint density at radius 3 is 2.56 bits per heavy atom. The molecule has 1 aliphatic carbocycles. The summed E-state index contributed by atoms with van der Waals surface area (Å²) in [4.78, 5) is 42.0. The largest absolute Gasteiger partial charge is 0.334 e. The number of allylic oxidation sites excluding steroid dienone is 2. The van der Waals surface area contributed by atoms with Gasteiger partial charge in [-0.3, -0.25) is 20.4 Å². The summed E-state index contributed by atoms with van der Waals surface area (Å²) in [6.07, 6.45) is 5.76. The average Bonchev–Trinajstić information content (AvgIpc) is 2.82. The summed E-state index contributed by atoms with van der Waals surface area (Å²) in [5.74, 6) is -0.452. The predicted octanol–water partition coefficient (Wildman–Crippen LogP) is 1.15. The van der Waals surface area contributed by atoms with Crippen LogP contribution in [0.3, 0.4) is 0 Å². The number of carbonyl (C=O) groups excluding carboxylic acids is 3. The second-order valence-electron chi connectivity index (χ2n) is 8.28. The van der Waals surface area contributed by atoms with E-state index < -0.39 is 6.17 Å². The molecule has 0 saturated carbocycles. The van der Waals surface area contributed by atoms with Gasteiger partial charge >= 0.3 is 6.03 Å². The Hall–Kier alpha value is -4.05. The van der Waals surface area contributed by atoms with Gasteiger partial charge in [-0.05, 0) is 23.3 Å². The van der Waals surface area contributed by atoms with Crippen LogP contribution in [-0.4, -0.2) is 88.0 Å². The van der Waals surface area contributed by atoms with Crippen LogP contribution in [0.1, 0.15) is 5.56 Å². The summed E-state index contributed by atoms with van der Waals surface area (Å²) in [6, 6.07) is 9.16. The van der Waals surface area contributed by atoms with Crippen LogP contribution in [0.2, 0.25) is 0 Å². The molecule has 1 atom stereocenters. The summed E-state index contributed by atoms with van der Waals surface area (Å²) in [7, 11) is 0. The zero-order chi connectivity index (χ0) is 24.2. The Kier molecular flexibility index (Phi) is 6.69. The van der Waals surface area contributed by atoms with E-state index in [2.05, 4.69) is 11.9 Å². The fourth-order valence-corrected chi connectivity index (χ4v) is 4.21. The van der Waals surface area contributed by atoms with Gasteiger partial charge in [0.1, 0.15) is 12.7 Å². The molecular formula is C24H27N7O3. The van der Waals surface area contributed by atoms with Gasteiger partial charge in [0.25, 0.3) is 0 Å². The van der Waals surface area contributed by atoms with Crippen LogP contribution in [0.25, 0.3) is 0 Å². The third kappa shape index (κ3) is 4.81. The van der Waals surface area contributed by atoms with Crippen LogP contribution in [0.5, 0.6) is 0 Å². The fourth-order valence-electron chi connectivity index (χ4n) is 4.21. The van der Waals surface area contributed by atoms with E-state index in [0.717, 1.165) is 5.56 Å². The summed E-state index contributed by atoms with van der Waals surface area (Å²) >= 11 is 0. The summed E-state index contributed by atoms with van der Waals surface area (Å²) in [5.41, 5.74) is 1.85. The molecule has 10 heteroatoms. The Labute approximate surface area is 197 Å². The molecule has 4 amide bonds. The highest BCUT2D eigenvalue weighted by Crippen LogP contribution is 2.23. The standard InChI is InChI=1S/C24H27N7O3/c1-2-10-29-15-23(33)30-16-22(32)28(13-18-8-9-19(25)20(26)11-18)14-21(30)31(29)24(34)27-12-17-6-4-3-5-7-17/h2-9,11,21,25-26H,1,10,12-16H2,(H,27,34). The normalized spacial score (nSPS) is 20.9. The van der Waals surface area contributed by atoms with Gasteiger partial charge in [-0.25, -0.2) is 14.8 Å². The van der Waals surface area contributed by atoms with E-state index in [4.69, 9.17) is 10.8 Å². The Bertz CT molecular complexity index is 1100. The molecule has 1 aromatic carbocycles. The number of nitrogens with one attached hydrogen (secondary N) is 3. The third-order valence-corrected chi connectivity index (χ3v) is 5.92. The minimum Gasteiger partial charge on any atom is -0.333 e. The molecular weight excluding hydrogens is 434 g/mol. The van der Waals surface area contributed by atoms with E-state index >= 15 is 0 Å². The molecule has 2 fully saturated rings. The van der Waals surface area contributed by atoms with Gasteiger partial charge in [0.2, 0.25) is 11.8 Å². The second kappa shape index (κ2) is 9.84. The molecule has 4 rings (SSSR count). The highest BCUT2D eigenvalue weighted by Gasteiger charge is 2.46. The van der Waals surface area contributed by atoms with Gasteiger partial charge in [0, 0.05) is 19.6 Å². The number of piperazine rings is 1. The average molecular weight is 462 g/mol. The molecule has 1 aromatic rings. The molecule has 2 saturated heterocycles. The smallest absolute Gasteiger partial charge is 0.333 e. The first-order chi connectivity index (χ1) is 16.4. The van der Waals surface area contributed by atoms with Gasteiger partial charge in [0.05, 0.1) is 24.5 Å². The number of benzene rings is 1. The lowest BCUT2D eigenvalue weighted by atomic mass is 10.0. The number of hydrogen-bond donors (Lipinski definition) is 3. The van der Waals surface area contributed by atoms with E-state index in [0.29, 0.717) is 18.7 Å². The summed E-state index contributed by atoms with van der Waals surface area (Å²) in [6.45, 7) is 4.58. The van der Waals surface area contributed by atoms with Crippen molar-refractivity contribution in [2.24, 2.45) is 0 Å². The van der Waals surface area contributed by atoms with Crippen molar-refractivity contribution in [2.45, 2.75) is 12.7 Å². The van der Waals surface area contributed by atoms with Crippen LogP contribution >= 0.6 is 0 Å². The lowest BCUT2D eigenvalue weighted by molar-refractivity contribution is -0.179. The molecule has 0 radical (unpaired) electrons. The highest BCUT2D eigenvalue weighted by molar-refractivity contribution is 6.49. The summed E-state index contributed by atoms with van der Waals surface area (Å²) in [5, 5.41) is 21.6. The first-order valence-electron chi connectivity index (χ1n) is 11.0. The number of urea groups is 1. The van der Waals surface area contributed by atoms with Crippen LogP contribution in [0.15, 0.2) is 66.8 Å². The molecule has 34 heavy (non-hydrogen) atoms. The van der Waals surface area contributed by atoms with Gasteiger partial charge in [-0.15, -0.1) is 6.58 Å². The van der Waals surface area contributed by atoms with Crippen molar-refractivity contribution in [3.63, 3.8) is 0 Å². The van der Waals surface area contributed by atoms with Gasteiger partial charge in [0.15, 0.2) is 0 Å². The van der Waals surface area contributed by atoms with E-state index in [1.165, 1.54) is 16.0 Å². The maximum atomic E-state index is 13.3. The van der Waals surface area contributed by atoms with E-state index in [1.807, 2.05) is 30.3 Å². The zero-order valence-corrected chi connectivity index (χ0v) is 18.7. The highest BCUT2D eigenvalue weighted by atomic mass is 16.2. The summed E-state index contributed by atoms with van der Waals surface area (Å²) < 4.78 is 0. The number of fused-ring (bicyclic) bond motifs is 1. The molecule has 0 aromatic heterocycles. The second-order valence-corrected chi connectivity index (χ2v) is 8.28. The number of amides is 4.